The number of nitrogens with zero attached hydrogens (tertiary/aromatic N) is 1. The molecule has 0 aliphatic carbocycles. The molecule has 0 fully saturated rings. The fourth-order valence-electron chi connectivity index (χ4n) is 1.88. The lowest BCUT2D eigenvalue weighted by molar-refractivity contribution is 0.580. The molecule has 114 valence electrons. The highest BCUT2D eigenvalue weighted by Crippen LogP contribution is 2.12. The molecule has 5 nitrogen and oxygen atoms in total. The van der Waals surface area contributed by atoms with Gasteiger partial charge in [-0.3, -0.25) is 0 Å². The van der Waals surface area contributed by atoms with E-state index < -0.39 is 10.0 Å². The van der Waals surface area contributed by atoms with Crippen molar-refractivity contribution in [3.8, 4) is 0 Å². The van der Waals surface area contributed by atoms with Gasteiger partial charge in [-0.15, -0.1) is 11.3 Å². The van der Waals surface area contributed by atoms with Crippen molar-refractivity contribution >= 4 is 21.4 Å². The van der Waals surface area contributed by atoms with E-state index in [0.717, 1.165) is 27.6 Å². The van der Waals surface area contributed by atoms with Crippen LogP contribution in [-0.4, -0.2) is 20.4 Å². The summed E-state index contributed by atoms with van der Waals surface area (Å²) in [7, 11) is -1.47. The Balaban J connectivity index is 1.93. The number of hydrogen-bond donors (Lipinski definition) is 2. The Morgan fingerprint density at radius 2 is 1.81 bits per heavy atom. The van der Waals surface area contributed by atoms with Gasteiger partial charge in [-0.05, 0) is 25.1 Å². The zero-order chi connectivity index (χ0) is 15.3. The molecule has 0 spiro atoms. The van der Waals surface area contributed by atoms with Gasteiger partial charge in [0.1, 0.15) is 5.01 Å². The number of aromatic nitrogens is 1. The minimum atomic E-state index is -3.35. The SMILES string of the molecule is CNCc1ccc(CS(=O)(=O)NCc2ncc(C)s2)cc1. The number of nitrogens with one attached hydrogen (secondary N) is 2. The van der Waals surface area contributed by atoms with E-state index in [-0.39, 0.29) is 12.3 Å². The molecule has 0 unspecified atom stereocenters. The molecule has 2 N–H and O–H groups in total. The van der Waals surface area contributed by atoms with Crippen LogP contribution >= 0.6 is 11.3 Å². The standard InChI is InChI=1S/C14H19N3O2S2/c1-11-7-16-14(20-11)9-17-21(18,19)10-13-5-3-12(4-6-13)8-15-2/h3-7,15,17H,8-10H2,1-2H3. The number of sulfonamides is 1. The molecule has 0 radical (unpaired) electrons. The van der Waals surface area contributed by atoms with Crippen molar-refractivity contribution in [1.82, 2.24) is 15.0 Å². The first-order valence-electron chi connectivity index (χ1n) is 6.59. The number of aryl methyl sites for hydroxylation is 1. The second-order valence-corrected chi connectivity index (χ2v) is 7.92. The molecular weight excluding hydrogens is 306 g/mol. The Kier molecular flexibility index (Phi) is 5.46. The lowest BCUT2D eigenvalue weighted by Gasteiger charge is -2.06. The minimum Gasteiger partial charge on any atom is -0.316 e. The highest BCUT2D eigenvalue weighted by atomic mass is 32.2. The van der Waals surface area contributed by atoms with Crippen LogP contribution < -0.4 is 10.0 Å². The largest absolute Gasteiger partial charge is 0.316 e. The Morgan fingerprint density at radius 3 is 2.38 bits per heavy atom. The van der Waals surface area contributed by atoms with Gasteiger partial charge in [-0.1, -0.05) is 24.3 Å². The summed E-state index contributed by atoms with van der Waals surface area (Å²) >= 11 is 1.50. The fraction of sp³-hybridized carbons (Fsp3) is 0.357. The zero-order valence-electron chi connectivity index (χ0n) is 12.1. The van der Waals surface area contributed by atoms with E-state index in [9.17, 15) is 8.42 Å². The van der Waals surface area contributed by atoms with Crippen LogP contribution in [0.3, 0.4) is 0 Å². The van der Waals surface area contributed by atoms with E-state index in [2.05, 4.69) is 15.0 Å². The van der Waals surface area contributed by atoms with Crippen LogP contribution in [-0.2, 0) is 28.9 Å². The summed E-state index contributed by atoms with van der Waals surface area (Å²) in [5.74, 6) is -0.0167. The molecule has 0 amide bonds. The molecule has 0 saturated heterocycles. The first kappa shape index (κ1) is 16.1. The van der Waals surface area contributed by atoms with Gasteiger partial charge < -0.3 is 5.32 Å². The Bertz CT molecular complexity index is 678. The molecule has 21 heavy (non-hydrogen) atoms. The van der Waals surface area contributed by atoms with E-state index in [1.54, 1.807) is 6.20 Å². The van der Waals surface area contributed by atoms with Crippen LogP contribution in [0.15, 0.2) is 30.5 Å². The van der Waals surface area contributed by atoms with E-state index in [0.29, 0.717) is 0 Å². The van der Waals surface area contributed by atoms with E-state index >= 15 is 0 Å². The second-order valence-electron chi connectivity index (χ2n) is 4.79. The van der Waals surface area contributed by atoms with E-state index in [1.807, 2.05) is 38.2 Å². The lowest BCUT2D eigenvalue weighted by Crippen LogP contribution is -2.24. The smallest absolute Gasteiger partial charge is 0.216 e. The molecule has 0 saturated carbocycles. The van der Waals surface area contributed by atoms with Gasteiger partial charge in [-0.2, -0.15) is 0 Å². The minimum absolute atomic E-state index is 0.0167. The average Bonchev–Trinajstić information content (AvgIpc) is 2.85. The summed E-state index contributed by atoms with van der Waals surface area (Å²) in [6, 6.07) is 7.57. The molecular formula is C14H19N3O2S2. The summed E-state index contributed by atoms with van der Waals surface area (Å²) in [5.41, 5.74) is 1.91. The summed E-state index contributed by atoms with van der Waals surface area (Å²) in [6.07, 6.45) is 1.74. The first-order chi connectivity index (χ1) is 9.98. The van der Waals surface area contributed by atoms with Crippen LogP contribution in [0.2, 0.25) is 0 Å². The molecule has 1 aromatic heterocycles. The molecule has 0 bridgehead atoms. The topological polar surface area (TPSA) is 71.1 Å². The van der Waals surface area contributed by atoms with Crippen LogP contribution in [0.1, 0.15) is 21.0 Å². The summed E-state index contributed by atoms with van der Waals surface area (Å²) in [5, 5.41) is 3.83. The number of rotatable bonds is 7. The van der Waals surface area contributed by atoms with Crippen molar-refractivity contribution in [2.24, 2.45) is 0 Å². The molecule has 0 aliphatic rings. The third-order valence-corrected chi connectivity index (χ3v) is 5.08. The van der Waals surface area contributed by atoms with Crippen molar-refractivity contribution in [1.29, 1.82) is 0 Å². The van der Waals surface area contributed by atoms with Crippen molar-refractivity contribution in [2.45, 2.75) is 25.8 Å². The van der Waals surface area contributed by atoms with Gasteiger partial charge >= 0.3 is 0 Å². The normalized spacial score (nSPS) is 11.7. The van der Waals surface area contributed by atoms with Gasteiger partial charge in [0.25, 0.3) is 0 Å². The second kappa shape index (κ2) is 7.13. The maximum absolute atomic E-state index is 12.0. The first-order valence-corrected chi connectivity index (χ1v) is 9.06. The molecule has 7 heteroatoms. The predicted octanol–water partition coefficient (Wildman–Crippen LogP) is 1.79. The van der Waals surface area contributed by atoms with Crippen molar-refractivity contribution in [2.75, 3.05) is 7.05 Å². The molecule has 1 aromatic carbocycles. The Labute approximate surface area is 129 Å². The van der Waals surface area contributed by atoms with E-state index in [1.165, 1.54) is 11.3 Å². The van der Waals surface area contributed by atoms with E-state index in [4.69, 9.17) is 0 Å². The van der Waals surface area contributed by atoms with Crippen molar-refractivity contribution < 1.29 is 8.42 Å². The van der Waals surface area contributed by atoms with Crippen LogP contribution in [0, 0.1) is 6.92 Å². The van der Waals surface area contributed by atoms with Crippen molar-refractivity contribution in [3.63, 3.8) is 0 Å². The molecule has 1 heterocycles. The van der Waals surface area contributed by atoms with Gasteiger partial charge in [0.15, 0.2) is 0 Å². The van der Waals surface area contributed by atoms with Gasteiger partial charge in [0.05, 0.1) is 12.3 Å². The van der Waals surface area contributed by atoms with Crippen molar-refractivity contribution in [3.05, 3.63) is 51.5 Å². The zero-order valence-corrected chi connectivity index (χ0v) is 13.7. The lowest BCUT2D eigenvalue weighted by atomic mass is 10.1. The maximum Gasteiger partial charge on any atom is 0.216 e. The van der Waals surface area contributed by atoms with Crippen LogP contribution in [0.25, 0.3) is 0 Å². The van der Waals surface area contributed by atoms with Gasteiger partial charge in [0, 0.05) is 17.6 Å². The number of hydrogen-bond acceptors (Lipinski definition) is 5. The highest BCUT2D eigenvalue weighted by molar-refractivity contribution is 7.88. The molecule has 0 aliphatic heterocycles. The van der Waals surface area contributed by atoms with Crippen LogP contribution in [0.5, 0.6) is 0 Å². The predicted molar refractivity (Wildman–Crippen MR) is 85.5 cm³/mol. The fourth-order valence-corrected chi connectivity index (χ4v) is 3.79. The third-order valence-electron chi connectivity index (χ3n) is 2.87. The number of benzene rings is 1. The van der Waals surface area contributed by atoms with Gasteiger partial charge in [-0.25, -0.2) is 18.1 Å². The third kappa shape index (κ3) is 5.20. The van der Waals surface area contributed by atoms with Crippen LogP contribution in [0.4, 0.5) is 0 Å². The quantitative estimate of drug-likeness (QED) is 0.814. The molecule has 2 aromatic rings. The Hall–Kier alpha value is -1.28. The average molecular weight is 325 g/mol. The highest BCUT2D eigenvalue weighted by Gasteiger charge is 2.12. The van der Waals surface area contributed by atoms with Gasteiger partial charge in [0.2, 0.25) is 10.0 Å². The summed E-state index contributed by atoms with van der Waals surface area (Å²) in [6.45, 7) is 2.97. The molecule has 0 atom stereocenters. The summed E-state index contributed by atoms with van der Waals surface area (Å²) in [4.78, 5) is 5.22. The maximum atomic E-state index is 12.0. The summed E-state index contributed by atoms with van der Waals surface area (Å²) < 4.78 is 26.7. The number of thiazole rings is 1. The monoisotopic (exact) mass is 325 g/mol. The Morgan fingerprint density at radius 1 is 1.14 bits per heavy atom. The molecule has 2 rings (SSSR count).